The molecule has 0 radical (unpaired) electrons. The summed E-state index contributed by atoms with van der Waals surface area (Å²) in [6.07, 6.45) is 0. The Morgan fingerprint density at radius 2 is 1.65 bits per heavy atom. The Kier molecular flexibility index (Phi) is 4.83. The third-order valence-corrected chi connectivity index (χ3v) is 5.17. The Hall–Kier alpha value is -3.04. The SMILES string of the molecule is CNS(=O)(=O)c1ccc(N=Nc2c(C)[nH]n(-c3ccccc3)c2=O)cc1. The van der Waals surface area contributed by atoms with Crippen LogP contribution in [0.25, 0.3) is 5.69 Å². The fourth-order valence-corrected chi connectivity index (χ4v) is 3.06. The summed E-state index contributed by atoms with van der Waals surface area (Å²) in [4.78, 5) is 12.7. The second kappa shape index (κ2) is 7.06. The predicted octanol–water partition coefficient (Wildman–Crippen LogP) is 2.80. The number of aromatic nitrogens is 2. The summed E-state index contributed by atoms with van der Waals surface area (Å²) in [5.41, 5.74) is 1.60. The standard InChI is InChI=1S/C17H17N5O3S/c1-12-16(17(23)22(21-12)14-6-4-3-5-7-14)20-19-13-8-10-15(11-9-13)26(24,25)18-2/h3-11,18,21H,1-2H3. The zero-order chi connectivity index (χ0) is 18.7. The molecule has 0 unspecified atom stereocenters. The van der Waals surface area contributed by atoms with Gasteiger partial charge in [0.25, 0.3) is 5.56 Å². The highest BCUT2D eigenvalue weighted by molar-refractivity contribution is 7.89. The third-order valence-electron chi connectivity index (χ3n) is 3.74. The van der Waals surface area contributed by atoms with Gasteiger partial charge in [0.05, 0.1) is 22.0 Å². The molecular formula is C17H17N5O3S. The van der Waals surface area contributed by atoms with Crippen LogP contribution in [0.1, 0.15) is 5.69 Å². The molecule has 0 saturated carbocycles. The van der Waals surface area contributed by atoms with Gasteiger partial charge >= 0.3 is 0 Å². The fourth-order valence-electron chi connectivity index (χ4n) is 2.33. The van der Waals surface area contributed by atoms with Crippen molar-refractivity contribution in [2.24, 2.45) is 10.2 Å². The maximum Gasteiger partial charge on any atom is 0.299 e. The average Bonchev–Trinajstić information content (AvgIpc) is 2.95. The van der Waals surface area contributed by atoms with Gasteiger partial charge in [0, 0.05) is 0 Å². The summed E-state index contributed by atoms with van der Waals surface area (Å²) < 4.78 is 27.0. The van der Waals surface area contributed by atoms with Crippen LogP contribution in [0, 0.1) is 6.92 Å². The van der Waals surface area contributed by atoms with Crippen LogP contribution < -0.4 is 10.3 Å². The first-order valence-corrected chi connectivity index (χ1v) is 9.23. The molecule has 8 nitrogen and oxygen atoms in total. The fraction of sp³-hybridized carbons (Fsp3) is 0.118. The number of nitrogens with zero attached hydrogens (tertiary/aromatic N) is 3. The summed E-state index contributed by atoms with van der Waals surface area (Å²) in [6, 6.07) is 15.0. The van der Waals surface area contributed by atoms with Crippen molar-refractivity contribution < 1.29 is 8.42 Å². The van der Waals surface area contributed by atoms with Gasteiger partial charge in [0.1, 0.15) is 0 Å². The van der Waals surface area contributed by atoms with E-state index in [0.717, 1.165) is 0 Å². The molecule has 3 aromatic rings. The summed E-state index contributed by atoms with van der Waals surface area (Å²) in [5.74, 6) is 0. The van der Waals surface area contributed by atoms with Crippen LogP contribution in [-0.2, 0) is 10.0 Å². The lowest BCUT2D eigenvalue weighted by Crippen LogP contribution is -2.18. The number of aryl methyl sites for hydroxylation is 1. The molecule has 1 aromatic heterocycles. The normalized spacial score (nSPS) is 11.9. The molecule has 0 spiro atoms. The number of hydrogen-bond donors (Lipinski definition) is 2. The summed E-state index contributed by atoms with van der Waals surface area (Å²) in [7, 11) is -2.16. The van der Waals surface area contributed by atoms with Crippen LogP contribution >= 0.6 is 0 Å². The molecule has 1 heterocycles. The van der Waals surface area contributed by atoms with Gasteiger partial charge in [0.2, 0.25) is 10.0 Å². The lowest BCUT2D eigenvalue weighted by atomic mass is 10.3. The van der Waals surface area contributed by atoms with Crippen LogP contribution in [0.5, 0.6) is 0 Å². The van der Waals surface area contributed by atoms with Crippen molar-refractivity contribution in [3.63, 3.8) is 0 Å². The quantitative estimate of drug-likeness (QED) is 0.673. The van der Waals surface area contributed by atoms with E-state index >= 15 is 0 Å². The van der Waals surface area contributed by atoms with Crippen LogP contribution in [0.4, 0.5) is 11.4 Å². The summed E-state index contributed by atoms with van der Waals surface area (Å²) in [6.45, 7) is 1.73. The molecule has 0 atom stereocenters. The van der Waals surface area contributed by atoms with Gasteiger partial charge in [-0.1, -0.05) is 18.2 Å². The Labute approximate surface area is 150 Å². The van der Waals surface area contributed by atoms with Gasteiger partial charge in [0.15, 0.2) is 5.69 Å². The molecule has 26 heavy (non-hydrogen) atoms. The van der Waals surface area contributed by atoms with Gasteiger partial charge in [-0.15, -0.1) is 5.11 Å². The van der Waals surface area contributed by atoms with E-state index in [4.69, 9.17) is 0 Å². The summed E-state index contributed by atoms with van der Waals surface area (Å²) in [5, 5.41) is 11.0. The van der Waals surface area contributed by atoms with Gasteiger partial charge in [-0.05, 0) is 50.4 Å². The largest absolute Gasteiger partial charge is 0.299 e. The molecule has 0 aliphatic carbocycles. The lowest BCUT2D eigenvalue weighted by Gasteiger charge is -2.01. The van der Waals surface area contributed by atoms with E-state index in [0.29, 0.717) is 17.1 Å². The highest BCUT2D eigenvalue weighted by Crippen LogP contribution is 2.20. The number of sulfonamides is 1. The molecule has 0 aliphatic rings. The van der Waals surface area contributed by atoms with Crippen molar-refractivity contribution in [1.82, 2.24) is 14.5 Å². The molecule has 2 N–H and O–H groups in total. The maximum absolute atomic E-state index is 12.5. The first-order chi connectivity index (χ1) is 12.4. The van der Waals surface area contributed by atoms with E-state index in [-0.39, 0.29) is 16.1 Å². The topological polar surface area (TPSA) is 109 Å². The average molecular weight is 371 g/mol. The molecule has 134 valence electrons. The van der Waals surface area contributed by atoms with Crippen molar-refractivity contribution in [2.45, 2.75) is 11.8 Å². The van der Waals surface area contributed by atoms with Gasteiger partial charge in [-0.2, -0.15) is 5.11 Å². The van der Waals surface area contributed by atoms with Crippen molar-refractivity contribution in [3.8, 4) is 5.69 Å². The minimum Gasteiger partial charge on any atom is -0.293 e. The smallest absolute Gasteiger partial charge is 0.293 e. The second-order valence-electron chi connectivity index (χ2n) is 5.46. The van der Waals surface area contributed by atoms with E-state index < -0.39 is 10.0 Å². The third kappa shape index (κ3) is 3.48. The van der Waals surface area contributed by atoms with Gasteiger partial charge < -0.3 is 0 Å². The van der Waals surface area contributed by atoms with Crippen LogP contribution in [0.2, 0.25) is 0 Å². The maximum atomic E-state index is 12.5. The van der Waals surface area contributed by atoms with Crippen molar-refractivity contribution in [2.75, 3.05) is 7.05 Å². The molecule has 0 amide bonds. The molecule has 0 fully saturated rings. The highest BCUT2D eigenvalue weighted by atomic mass is 32.2. The van der Waals surface area contributed by atoms with Crippen molar-refractivity contribution in [1.29, 1.82) is 0 Å². The zero-order valence-corrected chi connectivity index (χ0v) is 15.0. The Bertz CT molecular complexity index is 1100. The second-order valence-corrected chi connectivity index (χ2v) is 7.35. The van der Waals surface area contributed by atoms with Crippen LogP contribution in [0.3, 0.4) is 0 Å². The number of para-hydroxylation sites is 1. The minimum atomic E-state index is -3.50. The molecule has 0 bridgehead atoms. The molecule has 0 aliphatic heterocycles. The number of hydrogen-bond acceptors (Lipinski definition) is 5. The summed E-state index contributed by atoms with van der Waals surface area (Å²) >= 11 is 0. The number of nitrogens with one attached hydrogen (secondary N) is 2. The van der Waals surface area contributed by atoms with Crippen molar-refractivity contribution >= 4 is 21.4 Å². The Balaban J connectivity index is 1.90. The van der Waals surface area contributed by atoms with E-state index in [2.05, 4.69) is 20.0 Å². The van der Waals surface area contributed by atoms with E-state index in [9.17, 15) is 13.2 Å². The van der Waals surface area contributed by atoms with E-state index in [1.807, 2.05) is 18.2 Å². The number of H-pyrrole nitrogens is 1. The first kappa shape index (κ1) is 17.8. The highest BCUT2D eigenvalue weighted by Gasteiger charge is 2.12. The van der Waals surface area contributed by atoms with Crippen molar-refractivity contribution in [3.05, 3.63) is 70.6 Å². The predicted molar refractivity (Wildman–Crippen MR) is 98.0 cm³/mol. The number of azo groups is 1. The Morgan fingerprint density at radius 3 is 2.27 bits per heavy atom. The first-order valence-electron chi connectivity index (χ1n) is 7.75. The number of aromatic amines is 1. The van der Waals surface area contributed by atoms with Gasteiger partial charge in [-0.3, -0.25) is 9.89 Å². The monoisotopic (exact) mass is 371 g/mol. The Morgan fingerprint density at radius 1 is 1.00 bits per heavy atom. The van der Waals surface area contributed by atoms with E-state index in [1.54, 1.807) is 19.1 Å². The molecular weight excluding hydrogens is 354 g/mol. The van der Waals surface area contributed by atoms with Gasteiger partial charge in [-0.25, -0.2) is 17.8 Å². The lowest BCUT2D eigenvalue weighted by molar-refractivity contribution is 0.588. The molecule has 3 rings (SSSR count). The van der Waals surface area contributed by atoms with Crippen LogP contribution in [-0.4, -0.2) is 25.2 Å². The van der Waals surface area contributed by atoms with E-state index in [1.165, 1.54) is 36.0 Å². The molecule has 9 heteroatoms. The number of rotatable bonds is 5. The zero-order valence-electron chi connectivity index (χ0n) is 14.2. The minimum absolute atomic E-state index is 0.128. The molecule has 0 saturated heterocycles. The number of benzene rings is 2. The molecule has 2 aromatic carbocycles. The van der Waals surface area contributed by atoms with Crippen LogP contribution in [0.15, 0.2) is 74.5 Å².